The fraction of sp³-hybridized carbons (Fsp3) is 0.562. The molecule has 1 heterocycles. The van der Waals surface area contributed by atoms with Crippen LogP contribution in [0.15, 0.2) is 24.3 Å². The number of likely N-dealkylation sites (tertiary alicyclic amines) is 1. The maximum absolute atomic E-state index is 5.31. The van der Waals surface area contributed by atoms with Crippen molar-refractivity contribution in [2.45, 2.75) is 32.6 Å². The molecule has 0 saturated carbocycles. The molecule has 0 unspecified atom stereocenters. The van der Waals surface area contributed by atoms with Gasteiger partial charge >= 0.3 is 0 Å². The molecule has 1 fully saturated rings. The van der Waals surface area contributed by atoms with Gasteiger partial charge in [-0.2, -0.15) is 0 Å². The molecule has 4 heteroatoms. The van der Waals surface area contributed by atoms with Crippen LogP contribution in [0.4, 0.5) is 5.69 Å². The second-order valence-corrected chi connectivity index (χ2v) is 6.07. The van der Waals surface area contributed by atoms with E-state index in [1.165, 1.54) is 50.9 Å². The van der Waals surface area contributed by atoms with Crippen molar-refractivity contribution >= 4 is 23.0 Å². The van der Waals surface area contributed by atoms with Gasteiger partial charge in [-0.05, 0) is 50.5 Å². The summed E-state index contributed by atoms with van der Waals surface area (Å²) in [6.07, 6.45) is 5.41. The van der Waals surface area contributed by atoms with Gasteiger partial charge in [0.15, 0.2) is 5.11 Å². The highest BCUT2D eigenvalue weighted by Crippen LogP contribution is 2.07. The van der Waals surface area contributed by atoms with Crippen molar-refractivity contribution in [1.29, 1.82) is 0 Å². The van der Waals surface area contributed by atoms with E-state index in [1.807, 2.05) is 0 Å². The minimum atomic E-state index is 0.725. The van der Waals surface area contributed by atoms with E-state index in [1.54, 1.807) is 4.90 Å². The number of hydrogen-bond donors (Lipinski definition) is 3. The molecule has 3 nitrogen and oxygen atoms in total. The van der Waals surface area contributed by atoms with E-state index in [2.05, 4.69) is 41.8 Å². The van der Waals surface area contributed by atoms with Crippen LogP contribution in [0.25, 0.3) is 0 Å². The summed E-state index contributed by atoms with van der Waals surface area (Å²) in [6, 6.07) is 8.29. The van der Waals surface area contributed by atoms with Gasteiger partial charge in [0.25, 0.3) is 0 Å². The summed E-state index contributed by atoms with van der Waals surface area (Å²) in [6.45, 7) is 7.02. The van der Waals surface area contributed by atoms with Crippen molar-refractivity contribution in [3.63, 3.8) is 0 Å². The van der Waals surface area contributed by atoms with Gasteiger partial charge in [0.1, 0.15) is 0 Å². The molecule has 0 aromatic heterocycles. The van der Waals surface area contributed by atoms with Crippen molar-refractivity contribution in [2.24, 2.45) is 0 Å². The highest BCUT2D eigenvalue weighted by Gasteiger charge is 2.12. The number of rotatable bonds is 5. The molecule has 0 bridgehead atoms. The zero-order valence-electron chi connectivity index (χ0n) is 12.4. The normalized spacial score (nSPS) is 15.8. The minimum Gasteiger partial charge on any atom is -0.362 e. The Hall–Kier alpha value is -1.13. The van der Waals surface area contributed by atoms with Crippen LogP contribution >= 0.6 is 12.2 Å². The van der Waals surface area contributed by atoms with Gasteiger partial charge in [-0.1, -0.05) is 17.7 Å². The monoisotopic (exact) mass is 292 g/mol. The average molecular weight is 292 g/mol. The molecule has 110 valence electrons. The van der Waals surface area contributed by atoms with Crippen LogP contribution < -0.4 is 15.5 Å². The number of aryl methyl sites for hydroxylation is 1. The molecule has 2 rings (SSSR count). The molecule has 0 atom stereocenters. The number of thiocarbonyl (C=S) groups is 1. The molecular formula is C16H26N3S+. The van der Waals surface area contributed by atoms with E-state index < -0.39 is 0 Å². The summed E-state index contributed by atoms with van der Waals surface area (Å²) in [4.78, 5) is 1.76. The molecule has 1 aromatic carbocycles. The van der Waals surface area contributed by atoms with E-state index >= 15 is 0 Å². The smallest absolute Gasteiger partial charge is 0.170 e. The lowest BCUT2D eigenvalue weighted by Gasteiger charge is -2.23. The molecule has 0 amide bonds. The summed E-state index contributed by atoms with van der Waals surface area (Å²) < 4.78 is 0. The molecule has 1 aliphatic rings. The van der Waals surface area contributed by atoms with Gasteiger partial charge in [-0.25, -0.2) is 0 Å². The molecule has 20 heavy (non-hydrogen) atoms. The first kappa shape index (κ1) is 15.3. The zero-order valence-corrected chi connectivity index (χ0v) is 13.2. The standard InChI is InChI=1S/C16H25N3S/c1-14-6-8-15(9-7-14)18-16(20)17-10-5-13-19-11-3-2-4-12-19/h6-9H,2-5,10-13H2,1H3,(H2,17,18,20)/p+1. The Kier molecular flexibility index (Phi) is 6.27. The van der Waals surface area contributed by atoms with Crippen LogP contribution in [0.2, 0.25) is 0 Å². The number of hydrogen-bond acceptors (Lipinski definition) is 1. The lowest BCUT2D eigenvalue weighted by Crippen LogP contribution is -3.12. The lowest BCUT2D eigenvalue weighted by atomic mass is 10.1. The summed E-state index contributed by atoms with van der Waals surface area (Å²) in [7, 11) is 0. The van der Waals surface area contributed by atoms with Crippen molar-refractivity contribution in [2.75, 3.05) is 31.5 Å². The minimum absolute atomic E-state index is 0.725. The number of quaternary nitrogens is 1. The number of anilines is 1. The predicted octanol–water partition coefficient (Wildman–Crippen LogP) is 1.74. The van der Waals surface area contributed by atoms with Gasteiger partial charge in [0, 0.05) is 18.7 Å². The van der Waals surface area contributed by atoms with Crippen LogP contribution in [0.3, 0.4) is 0 Å². The second-order valence-electron chi connectivity index (χ2n) is 5.66. The van der Waals surface area contributed by atoms with Gasteiger partial charge in [0.05, 0.1) is 19.6 Å². The van der Waals surface area contributed by atoms with Crippen LogP contribution in [0, 0.1) is 6.92 Å². The topological polar surface area (TPSA) is 28.5 Å². The van der Waals surface area contributed by atoms with Gasteiger partial charge < -0.3 is 15.5 Å². The number of piperidine rings is 1. The molecule has 1 aliphatic heterocycles. The Morgan fingerprint density at radius 2 is 1.85 bits per heavy atom. The summed E-state index contributed by atoms with van der Waals surface area (Å²) in [5.74, 6) is 0. The second kappa shape index (κ2) is 8.22. The maximum atomic E-state index is 5.31. The summed E-state index contributed by atoms with van der Waals surface area (Å²) in [5.41, 5.74) is 2.31. The van der Waals surface area contributed by atoms with Crippen molar-refractivity contribution in [3.8, 4) is 0 Å². The Morgan fingerprint density at radius 3 is 2.55 bits per heavy atom. The van der Waals surface area contributed by atoms with Gasteiger partial charge in [-0.15, -0.1) is 0 Å². The molecule has 0 aliphatic carbocycles. The SMILES string of the molecule is Cc1ccc(NC(=S)NCCC[NH+]2CCCCC2)cc1. The zero-order chi connectivity index (χ0) is 14.2. The Balaban J connectivity index is 1.59. The summed E-state index contributed by atoms with van der Waals surface area (Å²) in [5, 5.41) is 7.24. The van der Waals surface area contributed by atoms with Crippen LogP contribution in [0.5, 0.6) is 0 Å². The molecule has 1 aromatic rings. The molecular weight excluding hydrogens is 266 g/mol. The van der Waals surface area contributed by atoms with Crippen LogP contribution in [0.1, 0.15) is 31.2 Å². The van der Waals surface area contributed by atoms with Gasteiger partial charge in [-0.3, -0.25) is 0 Å². The van der Waals surface area contributed by atoms with Crippen molar-refractivity contribution in [1.82, 2.24) is 5.32 Å². The first-order chi connectivity index (χ1) is 9.74. The van der Waals surface area contributed by atoms with E-state index in [0.29, 0.717) is 0 Å². The largest absolute Gasteiger partial charge is 0.362 e. The third-order valence-corrected chi connectivity index (χ3v) is 4.11. The van der Waals surface area contributed by atoms with E-state index in [4.69, 9.17) is 12.2 Å². The van der Waals surface area contributed by atoms with E-state index in [9.17, 15) is 0 Å². The molecule has 3 N–H and O–H groups in total. The number of benzene rings is 1. The first-order valence-electron chi connectivity index (χ1n) is 7.69. The quantitative estimate of drug-likeness (QED) is 0.570. The average Bonchev–Trinajstić information content (AvgIpc) is 2.47. The van der Waals surface area contributed by atoms with Gasteiger partial charge in [0.2, 0.25) is 0 Å². The predicted molar refractivity (Wildman–Crippen MR) is 89.4 cm³/mol. The summed E-state index contributed by atoms with van der Waals surface area (Å²) >= 11 is 5.31. The van der Waals surface area contributed by atoms with Crippen molar-refractivity contribution < 1.29 is 4.90 Å². The highest BCUT2D eigenvalue weighted by molar-refractivity contribution is 7.80. The third kappa shape index (κ3) is 5.47. The van der Waals surface area contributed by atoms with E-state index in [-0.39, 0.29) is 0 Å². The number of nitrogens with one attached hydrogen (secondary N) is 3. The maximum Gasteiger partial charge on any atom is 0.170 e. The Labute approximate surface area is 127 Å². The molecule has 1 saturated heterocycles. The van der Waals surface area contributed by atoms with Crippen LogP contribution in [-0.4, -0.2) is 31.3 Å². The fourth-order valence-corrected chi connectivity index (χ4v) is 2.87. The molecule has 0 spiro atoms. The highest BCUT2D eigenvalue weighted by atomic mass is 32.1. The first-order valence-corrected chi connectivity index (χ1v) is 8.10. The Bertz CT molecular complexity index is 410. The Morgan fingerprint density at radius 1 is 1.15 bits per heavy atom. The lowest BCUT2D eigenvalue weighted by molar-refractivity contribution is -0.904. The van der Waals surface area contributed by atoms with E-state index in [0.717, 1.165) is 17.3 Å². The third-order valence-electron chi connectivity index (χ3n) is 3.86. The fourth-order valence-electron chi connectivity index (χ4n) is 2.65. The van der Waals surface area contributed by atoms with Crippen LogP contribution in [-0.2, 0) is 0 Å². The van der Waals surface area contributed by atoms with Crippen molar-refractivity contribution in [3.05, 3.63) is 29.8 Å². The molecule has 0 radical (unpaired) electrons.